The van der Waals surface area contributed by atoms with E-state index in [9.17, 15) is 9.59 Å². The van der Waals surface area contributed by atoms with Gasteiger partial charge >= 0.3 is 0 Å². The number of hydrogen-bond acceptors (Lipinski definition) is 6. The highest BCUT2D eigenvalue weighted by molar-refractivity contribution is 5.87. The number of unbranched alkanes of at least 4 members (excludes halogenated alkanes) is 1. The smallest absolute Gasteiger partial charge is 0.256 e. The van der Waals surface area contributed by atoms with Crippen LogP contribution in [-0.2, 0) is 20.7 Å². The minimum absolute atomic E-state index is 0.0208. The number of carbonyl (C=O) groups is 2. The monoisotopic (exact) mass is 514 g/mol. The van der Waals surface area contributed by atoms with Crippen molar-refractivity contribution in [2.24, 2.45) is 0 Å². The first kappa shape index (κ1) is 27.9. The van der Waals surface area contributed by atoms with Gasteiger partial charge in [-0.2, -0.15) is 0 Å². The summed E-state index contributed by atoms with van der Waals surface area (Å²) in [5.41, 5.74) is 0.245. The summed E-state index contributed by atoms with van der Waals surface area (Å²) in [5.74, 6) is 1.06. The van der Waals surface area contributed by atoms with Gasteiger partial charge in [-0.15, -0.1) is 0 Å². The number of fused-ring (bicyclic) bond motifs is 1. The first-order valence-corrected chi connectivity index (χ1v) is 14.4. The molecule has 1 aromatic rings. The van der Waals surface area contributed by atoms with Crippen molar-refractivity contribution in [2.45, 2.75) is 58.0 Å². The standard InChI is InChI=1S/C29H46N4O4/c1-3-5-14-32-19-21-36-26-12-7-6-10-25(26)11-8-9-13-29(28(32)35)24-33(20-22-37-29)27(34)23-31-17-15-30(4-2)16-18-31/h6-7,10,12H,3-5,8-9,11,13-24H2,1-2H3. The van der Waals surface area contributed by atoms with Crippen molar-refractivity contribution < 1.29 is 19.1 Å². The van der Waals surface area contributed by atoms with Crippen LogP contribution < -0.4 is 4.74 Å². The summed E-state index contributed by atoms with van der Waals surface area (Å²) < 4.78 is 12.5. The van der Waals surface area contributed by atoms with Crippen LogP contribution in [0.1, 0.15) is 51.5 Å². The molecule has 3 heterocycles. The van der Waals surface area contributed by atoms with Gasteiger partial charge in [0.2, 0.25) is 5.91 Å². The Bertz CT molecular complexity index is 888. The molecule has 37 heavy (non-hydrogen) atoms. The Labute approximate surface area is 222 Å². The van der Waals surface area contributed by atoms with Crippen LogP contribution in [0.4, 0.5) is 0 Å². The van der Waals surface area contributed by atoms with Gasteiger partial charge in [-0.3, -0.25) is 14.5 Å². The Morgan fingerprint density at radius 3 is 2.54 bits per heavy atom. The molecule has 8 nitrogen and oxygen atoms in total. The quantitative estimate of drug-likeness (QED) is 0.582. The van der Waals surface area contributed by atoms with Crippen LogP contribution in [0.5, 0.6) is 5.75 Å². The Morgan fingerprint density at radius 2 is 1.76 bits per heavy atom. The molecule has 0 radical (unpaired) electrons. The van der Waals surface area contributed by atoms with Gasteiger partial charge in [-0.1, -0.05) is 38.5 Å². The maximum absolute atomic E-state index is 14.1. The third kappa shape index (κ3) is 7.24. The lowest BCUT2D eigenvalue weighted by Crippen LogP contribution is -2.63. The van der Waals surface area contributed by atoms with E-state index in [-0.39, 0.29) is 11.8 Å². The molecule has 1 aromatic carbocycles. The van der Waals surface area contributed by atoms with E-state index >= 15 is 0 Å². The summed E-state index contributed by atoms with van der Waals surface area (Å²) in [6, 6.07) is 8.22. The molecule has 0 N–H and O–H groups in total. The number of amides is 2. The molecule has 1 unspecified atom stereocenters. The molecule has 0 bridgehead atoms. The number of likely N-dealkylation sites (N-methyl/N-ethyl adjacent to an activating group) is 1. The van der Waals surface area contributed by atoms with Crippen molar-refractivity contribution in [3.8, 4) is 5.75 Å². The van der Waals surface area contributed by atoms with Gasteiger partial charge in [-0.05, 0) is 50.3 Å². The molecule has 1 spiro atoms. The van der Waals surface area contributed by atoms with Crippen LogP contribution in [-0.4, -0.2) is 116 Å². The summed E-state index contributed by atoms with van der Waals surface area (Å²) in [4.78, 5) is 36.0. The molecule has 3 aliphatic rings. The predicted molar refractivity (Wildman–Crippen MR) is 145 cm³/mol. The Morgan fingerprint density at radius 1 is 0.973 bits per heavy atom. The molecule has 2 fully saturated rings. The van der Waals surface area contributed by atoms with Gasteiger partial charge in [0.1, 0.15) is 12.4 Å². The number of rotatable bonds is 6. The lowest BCUT2D eigenvalue weighted by molar-refractivity contribution is -0.177. The molecular weight excluding hydrogens is 468 g/mol. The third-order valence-corrected chi connectivity index (χ3v) is 8.14. The minimum atomic E-state index is -0.971. The Hall–Kier alpha value is -2.16. The summed E-state index contributed by atoms with van der Waals surface area (Å²) in [7, 11) is 0. The average molecular weight is 515 g/mol. The fourth-order valence-electron chi connectivity index (χ4n) is 5.73. The number of benzene rings is 1. The van der Waals surface area contributed by atoms with Crippen molar-refractivity contribution in [2.75, 3.05) is 78.7 Å². The minimum Gasteiger partial charge on any atom is -0.491 e. The number of hydrogen-bond donors (Lipinski definition) is 0. The van der Waals surface area contributed by atoms with E-state index < -0.39 is 5.60 Å². The largest absolute Gasteiger partial charge is 0.491 e. The third-order valence-electron chi connectivity index (χ3n) is 8.14. The van der Waals surface area contributed by atoms with Crippen molar-refractivity contribution >= 4 is 11.8 Å². The van der Waals surface area contributed by atoms with E-state index in [1.165, 1.54) is 5.56 Å². The zero-order valence-electron chi connectivity index (χ0n) is 23.0. The Balaban J connectivity index is 1.47. The van der Waals surface area contributed by atoms with Crippen LogP contribution in [0, 0.1) is 0 Å². The number of piperazine rings is 1. The fraction of sp³-hybridized carbons (Fsp3) is 0.724. The highest BCUT2D eigenvalue weighted by atomic mass is 16.5. The molecule has 0 aromatic heterocycles. The van der Waals surface area contributed by atoms with Gasteiger partial charge in [-0.25, -0.2) is 0 Å². The van der Waals surface area contributed by atoms with E-state index in [4.69, 9.17) is 9.47 Å². The molecule has 0 saturated carbocycles. The Kier molecular flexibility index (Phi) is 10.2. The van der Waals surface area contributed by atoms with Crippen LogP contribution in [0.25, 0.3) is 0 Å². The van der Waals surface area contributed by atoms with E-state index in [0.717, 1.165) is 70.6 Å². The maximum atomic E-state index is 14.1. The first-order chi connectivity index (χ1) is 18.0. The van der Waals surface area contributed by atoms with Crippen molar-refractivity contribution in [1.29, 1.82) is 0 Å². The predicted octanol–water partition coefficient (Wildman–Crippen LogP) is 2.66. The summed E-state index contributed by atoms with van der Waals surface area (Å²) in [6.07, 6.45) is 5.30. The van der Waals surface area contributed by atoms with Crippen LogP contribution in [0.2, 0.25) is 0 Å². The SMILES string of the molecule is CCCCN1CCOc2ccccc2CCCCC2(CN(C(=O)CN3CCN(CC)CC3)CCO2)C1=O. The fourth-order valence-corrected chi connectivity index (χ4v) is 5.73. The molecular formula is C29H46N4O4. The summed E-state index contributed by atoms with van der Waals surface area (Å²) >= 11 is 0. The average Bonchev–Trinajstić information content (AvgIpc) is 2.93. The van der Waals surface area contributed by atoms with Crippen molar-refractivity contribution in [3.05, 3.63) is 29.8 Å². The molecule has 0 aliphatic carbocycles. The van der Waals surface area contributed by atoms with Gasteiger partial charge < -0.3 is 24.2 Å². The molecule has 206 valence electrons. The molecule has 1 atom stereocenters. The van der Waals surface area contributed by atoms with Gasteiger partial charge in [0, 0.05) is 39.3 Å². The number of morpholine rings is 1. The first-order valence-electron chi connectivity index (χ1n) is 14.4. The second-order valence-electron chi connectivity index (χ2n) is 10.7. The zero-order chi connectivity index (χ0) is 26.1. The lowest BCUT2D eigenvalue weighted by Gasteiger charge is -2.44. The van der Waals surface area contributed by atoms with Crippen molar-refractivity contribution in [3.63, 3.8) is 0 Å². The van der Waals surface area contributed by atoms with E-state index in [1.807, 2.05) is 21.9 Å². The second kappa shape index (κ2) is 13.6. The number of aryl methyl sites for hydroxylation is 1. The van der Waals surface area contributed by atoms with E-state index in [1.54, 1.807) is 0 Å². The zero-order valence-corrected chi connectivity index (χ0v) is 23.0. The van der Waals surface area contributed by atoms with Crippen LogP contribution >= 0.6 is 0 Å². The van der Waals surface area contributed by atoms with Crippen LogP contribution in [0.15, 0.2) is 24.3 Å². The van der Waals surface area contributed by atoms with Gasteiger partial charge in [0.25, 0.3) is 5.91 Å². The summed E-state index contributed by atoms with van der Waals surface area (Å²) in [6.45, 7) is 12.6. The van der Waals surface area contributed by atoms with Crippen molar-refractivity contribution in [1.82, 2.24) is 19.6 Å². The number of nitrogens with zero attached hydrogens (tertiary/aromatic N) is 4. The molecule has 2 amide bonds. The number of carbonyl (C=O) groups excluding carboxylic acids is 2. The van der Waals surface area contributed by atoms with E-state index in [2.05, 4.69) is 35.8 Å². The maximum Gasteiger partial charge on any atom is 0.256 e. The van der Waals surface area contributed by atoms with Gasteiger partial charge in [0.05, 0.1) is 26.2 Å². The van der Waals surface area contributed by atoms with E-state index in [0.29, 0.717) is 52.4 Å². The summed E-state index contributed by atoms with van der Waals surface area (Å²) in [5, 5.41) is 0. The van der Waals surface area contributed by atoms with Crippen LogP contribution in [0.3, 0.4) is 0 Å². The molecule has 8 heteroatoms. The highest BCUT2D eigenvalue weighted by Gasteiger charge is 2.46. The molecule has 4 rings (SSSR count). The molecule has 3 aliphatic heterocycles. The molecule has 2 saturated heterocycles. The lowest BCUT2D eigenvalue weighted by atomic mass is 9.90. The van der Waals surface area contributed by atoms with Gasteiger partial charge in [0.15, 0.2) is 5.60 Å². The number of ether oxygens (including phenoxy) is 2. The highest BCUT2D eigenvalue weighted by Crippen LogP contribution is 2.30. The topological polar surface area (TPSA) is 65.6 Å². The number of para-hydroxylation sites is 1. The second-order valence-corrected chi connectivity index (χ2v) is 10.7. The normalized spacial score (nSPS) is 24.8.